The van der Waals surface area contributed by atoms with E-state index in [1.54, 1.807) is 25.3 Å². The van der Waals surface area contributed by atoms with E-state index in [1.807, 2.05) is 38.1 Å². The molecule has 0 saturated heterocycles. The summed E-state index contributed by atoms with van der Waals surface area (Å²) in [7, 11) is 0. The minimum absolute atomic E-state index is 0.00121. The van der Waals surface area contributed by atoms with E-state index in [1.165, 1.54) is 0 Å². The number of nitro groups is 1. The van der Waals surface area contributed by atoms with Crippen LogP contribution in [-0.2, 0) is 0 Å². The molecule has 5 nitrogen and oxygen atoms in total. The third-order valence-corrected chi connectivity index (χ3v) is 3.56. The Bertz CT molecular complexity index is 629. The Morgan fingerprint density at radius 2 is 1.95 bits per heavy atom. The van der Waals surface area contributed by atoms with Gasteiger partial charge in [-0.3, -0.25) is 15.1 Å². The molecule has 110 valence electrons. The van der Waals surface area contributed by atoms with Crippen LogP contribution in [0.2, 0.25) is 0 Å². The lowest BCUT2D eigenvalue weighted by molar-refractivity contribution is -0.385. The summed E-state index contributed by atoms with van der Waals surface area (Å²) in [6.45, 7) is 5.77. The zero-order chi connectivity index (χ0) is 15.4. The van der Waals surface area contributed by atoms with Crippen LogP contribution in [0.3, 0.4) is 0 Å². The van der Waals surface area contributed by atoms with Gasteiger partial charge in [-0.1, -0.05) is 18.2 Å². The molecule has 1 aromatic carbocycles. The molecule has 1 aromatic heterocycles. The van der Waals surface area contributed by atoms with Gasteiger partial charge >= 0.3 is 0 Å². The molecule has 0 saturated carbocycles. The molecule has 1 unspecified atom stereocenters. The molecule has 0 aliphatic carbocycles. The third kappa shape index (κ3) is 3.64. The second-order valence-corrected chi connectivity index (χ2v) is 5.17. The van der Waals surface area contributed by atoms with Crippen molar-refractivity contribution >= 4 is 5.69 Å². The van der Waals surface area contributed by atoms with Gasteiger partial charge in [0.15, 0.2) is 0 Å². The van der Waals surface area contributed by atoms with E-state index >= 15 is 0 Å². The molecule has 1 heterocycles. The molecule has 0 spiro atoms. The zero-order valence-electron chi connectivity index (χ0n) is 12.4. The topological polar surface area (TPSA) is 68.1 Å². The summed E-state index contributed by atoms with van der Waals surface area (Å²) in [4.78, 5) is 15.0. The summed E-state index contributed by atoms with van der Waals surface area (Å²) in [6, 6.07) is 11.2. The summed E-state index contributed by atoms with van der Waals surface area (Å²) in [6.07, 6.45) is 1.76. The van der Waals surface area contributed by atoms with Gasteiger partial charge in [0.05, 0.1) is 10.6 Å². The third-order valence-electron chi connectivity index (χ3n) is 3.56. The van der Waals surface area contributed by atoms with Gasteiger partial charge in [0.2, 0.25) is 0 Å². The van der Waals surface area contributed by atoms with Crippen LogP contribution >= 0.6 is 0 Å². The molecule has 0 aliphatic heterocycles. The summed E-state index contributed by atoms with van der Waals surface area (Å²) < 4.78 is 0. The Morgan fingerprint density at radius 3 is 2.57 bits per heavy atom. The van der Waals surface area contributed by atoms with Crippen LogP contribution in [-0.4, -0.2) is 9.91 Å². The first kappa shape index (κ1) is 15.1. The highest BCUT2D eigenvalue weighted by molar-refractivity contribution is 5.43. The van der Waals surface area contributed by atoms with Crippen LogP contribution in [0.1, 0.15) is 42.8 Å². The first-order valence-corrected chi connectivity index (χ1v) is 6.91. The van der Waals surface area contributed by atoms with Gasteiger partial charge in [-0.05, 0) is 38.5 Å². The average molecular weight is 285 g/mol. The molecule has 1 N–H and O–H groups in total. The fraction of sp³-hybridized carbons (Fsp3) is 0.312. The van der Waals surface area contributed by atoms with Crippen LogP contribution < -0.4 is 5.32 Å². The van der Waals surface area contributed by atoms with Gasteiger partial charge in [0, 0.05) is 29.9 Å². The Labute approximate surface area is 124 Å². The fourth-order valence-electron chi connectivity index (χ4n) is 2.28. The average Bonchev–Trinajstić information content (AvgIpc) is 2.48. The van der Waals surface area contributed by atoms with E-state index in [0.717, 1.165) is 11.3 Å². The molecule has 0 bridgehead atoms. The molecule has 0 fully saturated rings. The Balaban J connectivity index is 2.15. The van der Waals surface area contributed by atoms with E-state index in [0.29, 0.717) is 5.56 Å². The van der Waals surface area contributed by atoms with Gasteiger partial charge in [-0.15, -0.1) is 0 Å². The maximum absolute atomic E-state index is 11.0. The number of hydrogen-bond donors (Lipinski definition) is 1. The van der Waals surface area contributed by atoms with Crippen molar-refractivity contribution in [1.82, 2.24) is 10.3 Å². The Kier molecular flexibility index (Phi) is 4.65. The summed E-state index contributed by atoms with van der Waals surface area (Å²) >= 11 is 0. The standard InChI is InChI=1S/C16H19N3O2/c1-11-7-8-14(10-16(11)19(20)21)12(2)18-13(3)15-6-4-5-9-17-15/h4-10,12-13,18H,1-3H3/t12?,13-/m1/s1. The highest BCUT2D eigenvalue weighted by Crippen LogP contribution is 2.24. The van der Waals surface area contributed by atoms with Crippen molar-refractivity contribution in [2.45, 2.75) is 32.9 Å². The number of benzene rings is 1. The number of hydrogen-bond acceptors (Lipinski definition) is 4. The quantitative estimate of drug-likeness (QED) is 0.671. The monoisotopic (exact) mass is 285 g/mol. The van der Waals surface area contributed by atoms with E-state index in [9.17, 15) is 10.1 Å². The van der Waals surface area contributed by atoms with Crippen molar-refractivity contribution < 1.29 is 4.92 Å². The smallest absolute Gasteiger partial charge is 0.272 e. The molecule has 0 amide bonds. The van der Waals surface area contributed by atoms with Gasteiger partial charge in [0.25, 0.3) is 5.69 Å². The van der Waals surface area contributed by atoms with E-state index in [2.05, 4.69) is 10.3 Å². The highest BCUT2D eigenvalue weighted by atomic mass is 16.6. The Morgan fingerprint density at radius 1 is 1.19 bits per heavy atom. The largest absolute Gasteiger partial charge is 0.302 e. The minimum Gasteiger partial charge on any atom is -0.302 e. The molecule has 21 heavy (non-hydrogen) atoms. The van der Waals surface area contributed by atoms with Crippen molar-refractivity contribution in [3.05, 3.63) is 69.5 Å². The summed E-state index contributed by atoms with van der Waals surface area (Å²) in [5, 5.41) is 14.4. The maximum Gasteiger partial charge on any atom is 0.272 e. The Hall–Kier alpha value is -2.27. The second-order valence-electron chi connectivity index (χ2n) is 5.17. The molecular weight excluding hydrogens is 266 g/mol. The zero-order valence-corrected chi connectivity index (χ0v) is 12.4. The minimum atomic E-state index is -0.340. The van der Waals surface area contributed by atoms with Crippen molar-refractivity contribution in [1.29, 1.82) is 0 Å². The van der Waals surface area contributed by atoms with Crippen LogP contribution in [0.5, 0.6) is 0 Å². The first-order chi connectivity index (χ1) is 9.99. The van der Waals surface area contributed by atoms with Crippen molar-refractivity contribution in [2.75, 3.05) is 0 Å². The van der Waals surface area contributed by atoms with Crippen LogP contribution in [0, 0.1) is 17.0 Å². The number of aromatic nitrogens is 1. The lowest BCUT2D eigenvalue weighted by Crippen LogP contribution is -2.23. The number of rotatable bonds is 5. The van der Waals surface area contributed by atoms with Crippen LogP contribution in [0.25, 0.3) is 0 Å². The molecule has 2 rings (SSSR count). The van der Waals surface area contributed by atoms with Gasteiger partial charge < -0.3 is 5.32 Å². The lowest BCUT2D eigenvalue weighted by atomic mass is 10.0. The summed E-state index contributed by atoms with van der Waals surface area (Å²) in [5.74, 6) is 0. The van der Waals surface area contributed by atoms with E-state index in [4.69, 9.17) is 0 Å². The predicted octanol–water partition coefficient (Wildman–Crippen LogP) is 3.71. The predicted molar refractivity (Wildman–Crippen MR) is 82.0 cm³/mol. The number of nitrogens with one attached hydrogen (secondary N) is 1. The highest BCUT2D eigenvalue weighted by Gasteiger charge is 2.16. The molecule has 2 aromatic rings. The lowest BCUT2D eigenvalue weighted by Gasteiger charge is -2.20. The molecular formula is C16H19N3O2. The number of aryl methyl sites for hydroxylation is 1. The van der Waals surface area contributed by atoms with Crippen LogP contribution in [0.15, 0.2) is 42.6 Å². The van der Waals surface area contributed by atoms with Crippen molar-refractivity contribution in [3.8, 4) is 0 Å². The second kappa shape index (κ2) is 6.45. The first-order valence-electron chi connectivity index (χ1n) is 6.91. The van der Waals surface area contributed by atoms with Gasteiger partial charge in [0.1, 0.15) is 0 Å². The number of nitrogens with zero attached hydrogens (tertiary/aromatic N) is 2. The molecule has 2 atom stereocenters. The van der Waals surface area contributed by atoms with Crippen molar-refractivity contribution in [2.24, 2.45) is 0 Å². The fourth-order valence-corrected chi connectivity index (χ4v) is 2.28. The SMILES string of the molecule is Cc1ccc(C(C)N[C@H](C)c2ccccn2)cc1[N+](=O)[O-]. The number of pyridine rings is 1. The van der Waals surface area contributed by atoms with Gasteiger partial charge in [-0.25, -0.2) is 0 Å². The molecule has 5 heteroatoms. The van der Waals surface area contributed by atoms with Crippen molar-refractivity contribution in [3.63, 3.8) is 0 Å². The normalized spacial score (nSPS) is 13.7. The van der Waals surface area contributed by atoms with E-state index < -0.39 is 0 Å². The summed E-state index contributed by atoms with van der Waals surface area (Å²) in [5.41, 5.74) is 2.68. The van der Waals surface area contributed by atoms with Gasteiger partial charge in [-0.2, -0.15) is 0 Å². The van der Waals surface area contributed by atoms with E-state index in [-0.39, 0.29) is 22.7 Å². The van der Waals surface area contributed by atoms with Crippen LogP contribution in [0.4, 0.5) is 5.69 Å². The number of nitro benzene ring substituents is 1. The maximum atomic E-state index is 11.0. The molecule has 0 radical (unpaired) electrons. The molecule has 0 aliphatic rings.